The van der Waals surface area contributed by atoms with Crippen LogP contribution in [0.15, 0.2) is 18.2 Å². The van der Waals surface area contributed by atoms with Gasteiger partial charge in [0.2, 0.25) is 5.91 Å². The average Bonchev–Trinajstić information content (AvgIpc) is 3.16. The Morgan fingerprint density at radius 2 is 1.77 bits per heavy atom. The predicted octanol–water partition coefficient (Wildman–Crippen LogP) is 3.06. The van der Waals surface area contributed by atoms with Gasteiger partial charge in [-0.3, -0.25) is 14.5 Å². The molecule has 1 N–H and O–H groups in total. The maximum atomic E-state index is 12.8. The summed E-state index contributed by atoms with van der Waals surface area (Å²) in [6.07, 6.45) is 4.62. The molecule has 1 aromatic carbocycles. The van der Waals surface area contributed by atoms with Crippen LogP contribution in [-0.2, 0) is 4.79 Å². The minimum atomic E-state index is -0.0844. The lowest BCUT2D eigenvalue weighted by atomic mass is 9.95. The topological polar surface area (TPSA) is 52.7 Å². The van der Waals surface area contributed by atoms with Crippen LogP contribution in [0.3, 0.4) is 0 Å². The molecule has 2 aliphatic rings. The molecular weight excluding hydrogens is 373 g/mol. The summed E-state index contributed by atoms with van der Waals surface area (Å²) >= 11 is 12.1. The summed E-state index contributed by atoms with van der Waals surface area (Å²) < 4.78 is 0. The number of hydrogen-bond acceptors (Lipinski definition) is 3. The number of benzene rings is 1. The Balaban J connectivity index is 1.65. The fraction of sp³-hybridized carbons (Fsp3) is 0.579. The molecular formula is C19H25Cl2N3O2. The molecule has 1 saturated carbocycles. The van der Waals surface area contributed by atoms with Crippen LogP contribution in [0.5, 0.6) is 0 Å². The van der Waals surface area contributed by atoms with Crippen molar-refractivity contribution in [2.24, 2.45) is 5.92 Å². The Morgan fingerprint density at radius 3 is 2.35 bits per heavy atom. The lowest BCUT2D eigenvalue weighted by Crippen LogP contribution is -2.57. The second-order valence-electron chi connectivity index (χ2n) is 7.06. The summed E-state index contributed by atoms with van der Waals surface area (Å²) in [4.78, 5) is 29.2. The molecule has 1 unspecified atom stereocenters. The normalized spacial score (nSPS) is 20.2. The number of halogens is 2. The summed E-state index contributed by atoms with van der Waals surface area (Å²) in [6, 6.07) is 4.86. The molecule has 0 radical (unpaired) electrons. The summed E-state index contributed by atoms with van der Waals surface area (Å²) in [5.74, 6) is 0.434. The SMILES string of the molecule is CNC(=O)C(C1CCCC1)N1CCN(C(=O)c2ccc(Cl)cc2Cl)CC1. The third-order valence-electron chi connectivity index (χ3n) is 5.52. The molecule has 1 aromatic rings. The van der Waals surface area contributed by atoms with Gasteiger partial charge in [0.15, 0.2) is 0 Å². The van der Waals surface area contributed by atoms with Crippen molar-refractivity contribution in [2.75, 3.05) is 33.2 Å². The highest BCUT2D eigenvalue weighted by molar-refractivity contribution is 6.36. The Morgan fingerprint density at radius 1 is 1.12 bits per heavy atom. The van der Waals surface area contributed by atoms with Crippen molar-refractivity contribution in [3.05, 3.63) is 33.8 Å². The highest BCUT2D eigenvalue weighted by Gasteiger charge is 2.37. The monoisotopic (exact) mass is 397 g/mol. The van der Waals surface area contributed by atoms with Crippen LogP contribution < -0.4 is 5.32 Å². The number of nitrogens with one attached hydrogen (secondary N) is 1. The van der Waals surface area contributed by atoms with Crippen LogP contribution in [0.1, 0.15) is 36.0 Å². The molecule has 2 fully saturated rings. The summed E-state index contributed by atoms with van der Waals surface area (Å²) in [5.41, 5.74) is 0.475. The lowest BCUT2D eigenvalue weighted by molar-refractivity contribution is -0.128. The van der Waals surface area contributed by atoms with Crippen molar-refractivity contribution in [2.45, 2.75) is 31.7 Å². The Hall–Kier alpha value is -1.30. The first-order valence-corrected chi connectivity index (χ1v) is 9.97. The number of piperazine rings is 1. The van der Waals surface area contributed by atoms with Crippen molar-refractivity contribution in [3.8, 4) is 0 Å². The summed E-state index contributed by atoms with van der Waals surface area (Å²) in [6.45, 7) is 2.59. The van der Waals surface area contributed by atoms with Crippen LogP contribution in [0, 0.1) is 5.92 Å². The number of nitrogens with zero attached hydrogens (tertiary/aromatic N) is 2. The molecule has 1 heterocycles. The van der Waals surface area contributed by atoms with E-state index in [1.165, 1.54) is 12.8 Å². The zero-order valence-corrected chi connectivity index (χ0v) is 16.5. The lowest BCUT2D eigenvalue weighted by Gasteiger charge is -2.40. The third kappa shape index (κ3) is 4.16. The predicted molar refractivity (Wildman–Crippen MR) is 104 cm³/mol. The van der Waals surface area contributed by atoms with Gasteiger partial charge in [-0.2, -0.15) is 0 Å². The van der Waals surface area contributed by atoms with Gasteiger partial charge in [-0.15, -0.1) is 0 Å². The van der Waals surface area contributed by atoms with Gasteiger partial charge in [0.25, 0.3) is 5.91 Å². The van der Waals surface area contributed by atoms with Crippen LogP contribution in [-0.4, -0.2) is 60.9 Å². The molecule has 2 amide bonds. The molecule has 142 valence electrons. The quantitative estimate of drug-likeness (QED) is 0.848. The summed E-state index contributed by atoms with van der Waals surface area (Å²) in [5, 5.41) is 3.71. The van der Waals surface area contributed by atoms with Crippen molar-refractivity contribution >= 4 is 35.0 Å². The highest BCUT2D eigenvalue weighted by Crippen LogP contribution is 2.31. The van der Waals surface area contributed by atoms with Crippen molar-refractivity contribution in [3.63, 3.8) is 0 Å². The van der Waals surface area contributed by atoms with E-state index in [4.69, 9.17) is 23.2 Å². The zero-order chi connectivity index (χ0) is 18.7. The van der Waals surface area contributed by atoms with Crippen LogP contribution >= 0.6 is 23.2 Å². The Bertz CT molecular complexity index is 669. The first-order valence-electron chi connectivity index (χ1n) is 9.21. The Labute approximate surface area is 164 Å². The van der Waals surface area contributed by atoms with E-state index in [9.17, 15) is 9.59 Å². The van der Waals surface area contributed by atoms with Gasteiger partial charge in [0.1, 0.15) is 0 Å². The maximum Gasteiger partial charge on any atom is 0.255 e. The van der Waals surface area contributed by atoms with Crippen molar-refractivity contribution in [1.82, 2.24) is 15.1 Å². The van der Waals surface area contributed by atoms with Gasteiger partial charge >= 0.3 is 0 Å². The second kappa shape index (κ2) is 8.59. The minimum Gasteiger partial charge on any atom is -0.358 e. The second-order valence-corrected chi connectivity index (χ2v) is 7.90. The number of carbonyl (C=O) groups is 2. The molecule has 7 heteroatoms. The molecule has 0 spiro atoms. The fourth-order valence-electron chi connectivity index (χ4n) is 4.14. The van der Waals surface area contributed by atoms with E-state index in [-0.39, 0.29) is 17.9 Å². The van der Waals surface area contributed by atoms with E-state index in [1.807, 2.05) is 0 Å². The average molecular weight is 398 g/mol. The maximum absolute atomic E-state index is 12.8. The van der Waals surface area contributed by atoms with Crippen LogP contribution in [0.25, 0.3) is 0 Å². The first-order chi connectivity index (χ1) is 12.5. The van der Waals surface area contributed by atoms with Crippen LogP contribution in [0.2, 0.25) is 10.0 Å². The van der Waals surface area contributed by atoms with Crippen LogP contribution in [0.4, 0.5) is 0 Å². The number of rotatable bonds is 4. The standard InChI is InChI=1S/C19H25Cl2N3O2/c1-22-18(25)17(13-4-2-3-5-13)23-8-10-24(11-9-23)19(26)15-7-6-14(20)12-16(15)21/h6-7,12-13,17H,2-5,8-11H2,1H3,(H,22,25). The van der Waals surface area contributed by atoms with E-state index >= 15 is 0 Å². The highest BCUT2D eigenvalue weighted by atomic mass is 35.5. The largest absolute Gasteiger partial charge is 0.358 e. The van der Waals surface area contributed by atoms with Gasteiger partial charge in [0, 0.05) is 38.2 Å². The molecule has 3 rings (SSSR count). The molecule has 26 heavy (non-hydrogen) atoms. The number of carbonyl (C=O) groups excluding carboxylic acids is 2. The first kappa shape index (κ1) is 19.5. The van der Waals surface area contributed by atoms with Gasteiger partial charge in [-0.05, 0) is 37.0 Å². The smallest absolute Gasteiger partial charge is 0.255 e. The molecule has 0 bridgehead atoms. The number of hydrogen-bond donors (Lipinski definition) is 1. The van der Waals surface area contributed by atoms with Gasteiger partial charge in [0.05, 0.1) is 16.6 Å². The van der Waals surface area contributed by atoms with E-state index in [0.29, 0.717) is 47.7 Å². The molecule has 1 aliphatic carbocycles. The molecule has 0 aromatic heterocycles. The van der Waals surface area contributed by atoms with E-state index < -0.39 is 0 Å². The van der Waals surface area contributed by atoms with E-state index in [2.05, 4.69) is 10.2 Å². The number of amides is 2. The van der Waals surface area contributed by atoms with Gasteiger partial charge in [-0.1, -0.05) is 36.0 Å². The van der Waals surface area contributed by atoms with Crippen molar-refractivity contribution in [1.29, 1.82) is 0 Å². The van der Waals surface area contributed by atoms with E-state index in [1.54, 1.807) is 30.1 Å². The fourth-order valence-corrected chi connectivity index (χ4v) is 4.62. The molecule has 1 atom stereocenters. The van der Waals surface area contributed by atoms with Gasteiger partial charge in [-0.25, -0.2) is 0 Å². The van der Waals surface area contributed by atoms with Gasteiger partial charge < -0.3 is 10.2 Å². The molecule has 1 aliphatic heterocycles. The van der Waals surface area contributed by atoms with E-state index in [0.717, 1.165) is 12.8 Å². The number of likely N-dealkylation sites (N-methyl/N-ethyl adjacent to an activating group) is 1. The van der Waals surface area contributed by atoms with Crippen molar-refractivity contribution < 1.29 is 9.59 Å². The third-order valence-corrected chi connectivity index (χ3v) is 6.07. The molecule has 1 saturated heterocycles. The summed E-state index contributed by atoms with van der Waals surface area (Å²) in [7, 11) is 1.70. The molecule has 5 nitrogen and oxygen atoms in total. The minimum absolute atomic E-state index is 0.0799. The Kier molecular flexibility index (Phi) is 6.43. The zero-order valence-electron chi connectivity index (χ0n) is 15.0.